The molecule has 0 amide bonds. The fraction of sp³-hybridized carbons (Fsp3) is 0.455. The number of ether oxygens (including phenoxy) is 3. The molecular formula is C77H94F12IN3O7. The SMILES string of the molecule is CC(C)(C)OC(=O)CN=C(c1ccccc1)c1ccccc1.CC(C)(C)OC(=O)[C@@H](CCCCC(F)(F)F)N=C(c1ccccc1)c1ccccc1.CC(C)(C)OC(=O)[C@H](CCCCC(F)(F)F)N=C(c1ccccc1)c1ccccc1.FC(F)(F)CCCCI.OCCCCC(F)(F)F. The maximum absolute atomic E-state index is 12.8. The molecule has 0 saturated heterocycles. The first-order chi connectivity index (χ1) is 46.7. The van der Waals surface area contributed by atoms with Gasteiger partial charge in [0.15, 0.2) is 0 Å². The summed E-state index contributed by atoms with van der Waals surface area (Å²) in [4.78, 5) is 51.4. The van der Waals surface area contributed by atoms with Gasteiger partial charge in [0.1, 0.15) is 35.4 Å². The lowest BCUT2D eigenvalue weighted by Crippen LogP contribution is -2.32. The first-order valence-corrected chi connectivity index (χ1v) is 34.3. The average Bonchev–Trinajstić information content (AvgIpc) is 0.843. The van der Waals surface area contributed by atoms with Crippen molar-refractivity contribution in [1.29, 1.82) is 0 Å². The van der Waals surface area contributed by atoms with Crippen molar-refractivity contribution >= 4 is 57.6 Å². The number of benzene rings is 6. The Bertz CT molecular complexity index is 3030. The van der Waals surface area contributed by atoms with E-state index in [1.807, 2.05) is 203 Å². The lowest BCUT2D eigenvalue weighted by atomic mass is 10.0. The van der Waals surface area contributed by atoms with Crippen molar-refractivity contribution in [1.82, 2.24) is 0 Å². The maximum atomic E-state index is 12.8. The van der Waals surface area contributed by atoms with E-state index in [0.29, 0.717) is 17.8 Å². The molecule has 6 aromatic rings. The van der Waals surface area contributed by atoms with Crippen LogP contribution in [0.5, 0.6) is 0 Å². The van der Waals surface area contributed by atoms with Gasteiger partial charge >= 0.3 is 42.6 Å². The van der Waals surface area contributed by atoms with Gasteiger partial charge in [0.2, 0.25) is 0 Å². The highest BCUT2D eigenvalue weighted by Gasteiger charge is 2.32. The van der Waals surface area contributed by atoms with Gasteiger partial charge in [0.05, 0.1) is 17.1 Å². The summed E-state index contributed by atoms with van der Waals surface area (Å²) in [5.74, 6) is -1.38. The highest BCUT2D eigenvalue weighted by molar-refractivity contribution is 14.1. The second-order valence-corrected chi connectivity index (χ2v) is 26.9. The third-order valence-corrected chi connectivity index (χ3v) is 13.8. The smallest absolute Gasteiger partial charge is 0.389 e. The molecule has 6 rings (SSSR count). The topological polar surface area (TPSA) is 136 Å². The molecule has 0 saturated carbocycles. The number of aliphatic hydroxyl groups excluding tert-OH is 1. The van der Waals surface area contributed by atoms with Crippen molar-refractivity contribution in [3.8, 4) is 0 Å². The van der Waals surface area contributed by atoms with Crippen LogP contribution in [0.15, 0.2) is 197 Å². The summed E-state index contributed by atoms with van der Waals surface area (Å²) in [7, 11) is 0. The Labute approximate surface area is 594 Å². The molecule has 0 unspecified atom stereocenters. The first-order valence-electron chi connectivity index (χ1n) is 32.8. The van der Waals surface area contributed by atoms with Gasteiger partial charge in [0, 0.05) is 65.7 Å². The van der Waals surface area contributed by atoms with Crippen LogP contribution in [0, 0.1) is 0 Å². The van der Waals surface area contributed by atoms with Gasteiger partial charge in [-0.05, 0) is 118 Å². The molecule has 0 aliphatic carbocycles. The summed E-state index contributed by atoms with van der Waals surface area (Å²) in [6.45, 7) is 15.9. The molecule has 0 aromatic heterocycles. The molecule has 0 aliphatic heterocycles. The standard InChI is InChI=1S/2C24H28F3NO2.C19H21NO2.C5H8F3I.C5H9F3O/c2*1-23(2,3)30-22(29)20(16-10-11-17-24(25,26)27)28-21(18-12-6-4-7-13-18)19-14-8-5-9-15-19;1-19(2,3)22-17(21)14-20-18(15-10-6-4-7-11-15)16-12-8-5-9-13-16;2*6-5(7,8)3-1-2-4-9/h2*4-9,12-15,20H,10-11,16-17H2,1-3H3;4-13H,14H2,1-3H3;1-4H2;9H,1-4H2/t2*20-;;;/m10.../s1. The van der Waals surface area contributed by atoms with Crippen LogP contribution >= 0.6 is 22.6 Å². The minimum absolute atomic E-state index is 0.0103. The molecule has 0 fully saturated rings. The Hall–Kier alpha value is -7.41. The summed E-state index contributed by atoms with van der Waals surface area (Å²) >= 11 is 2.07. The summed E-state index contributed by atoms with van der Waals surface area (Å²) in [6.07, 6.45) is -17.7. The zero-order chi connectivity index (χ0) is 75.1. The van der Waals surface area contributed by atoms with E-state index in [1.165, 1.54) is 0 Å². The minimum Gasteiger partial charge on any atom is -0.459 e. The zero-order valence-electron chi connectivity index (χ0n) is 58.1. The summed E-state index contributed by atoms with van der Waals surface area (Å²) in [5.41, 5.74) is 5.38. The number of esters is 3. The number of nitrogens with zero attached hydrogens (tertiary/aromatic N) is 3. The highest BCUT2D eigenvalue weighted by atomic mass is 127. The number of carbonyl (C=O) groups is 3. The van der Waals surface area contributed by atoms with Gasteiger partial charge in [-0.15, -0.1) is 0 Å². The number of hydrogen-bond acceptors (Lipinski definition) is 10. The summed E-state index contributed by atoms with van der Waals surface area (Å²) < 4.78 is 160. The maximum Gasteiger partial charge on any atom is 0.389 e. The molecule has 0 heterocycles. The normalized spacial score (nSPS) is 12.3. The first kappa shape index (κ1) is 88.7. The van der Waals surface area contributed by atoms with Crippen LogP contribution in [-0.2, 0) is 28.6 Å². The number of hydrogen-bond donors (Lipinski definition) is 1. The lowest BCUT2D eigenvalue weighted by molar-refractivity contribution is -0.157. The fourth-order valence-electron chi connectivity index (χ4n) is 8.78. The molecule has 1 N–H and O–H groups in total. The predicted molar refractivity (Wildman–Crippen MR) is 380 cm³/mol. The number of unbranched alkanes of at least 4 members (excludes halogenated alkanes) is 4. The summed E-state index contributed by atoms with van der Waals surface area (Å²) in [6, 6.07) is 55.6. The molecule has 10 nitrogen and oxygen atoms in total. The van der Waals surface area contributed by atoms with Gasteiger partial charge < -0.3 is 19.3 Å². The lowest BCUT2D eigenvalue weighted by Gasteiger charge is -2.23. The number of halogens is 13. The molecule has 550 valence electrons. The Morgan fingerprint density at radius 1 is 0.360 bits per heavy atom. The zero-order valence-corrected chi connectivity index (χ0v) is 60.3. The van der Waals surface area contributed by atoms with Gasteiger partial charge in [0.25, 0.3) is 0 Å². The van der Waals surface area contributed by atoms with Crippen LogP contribution in [0.25, 0.3) is 0 Å². The second kappa shape index (κ2) is 44.8. The van der Waals surface area contributed by atoms with E-state index in [9.17, 15) is 67.1 Å². The molecule has 0 spiro atoms. The van der Waals surface area contributed by atoms with E-state index < -0.39 is 91.2 Å². The molecule has 0 bridgehead atoms. The third kappa shape index (κ3) is 44.0. The predicted octanol–water partition coefficient (Wildman–Crippen LogP) is 21.4. The van der Waals surface area contributed by atoms with E-state index in [1.54, 1.807) is 41.5 Å². The average molecular weight is 1530 g/mol. The Morgan fingerprint density at radius 2 is 0.600 bits per heavy atom. The van der Waals surface area contributed by atoms with Gasteiger partial charge in [-0.2, -0.15) is 52.7 Å². The van der Waals surface area contributed by atoms with Gasteiger partial charge in [-0.1, -0.05) is 217 Å². The number of carbonyl (C=O) groups excluding carboxylic acids is 3. The monoisotopic (exact) mass is 1530 g/mol. The number of rotatable bonds is 26. The molecule has 2 atom stereocenters. The second-order valence-electron chi connectivity index (χ2n) is 25.8. The van der Waals surface area contributed by atoms with Crippen LogP contribution in [0.4, 0.5) is 52.7 Å². The van der Waals surface area contributed by atoms with Crippen molar-refractivity contribution in [2.45, 2.75) is 206 Å². The Balaban J connectivity index is 0.000000457. The number of aliphatic hydroxyl groups is 1. The molecule has 0 radical (unpaired) electrons. The third-order valence-electron chi connectivity index (χ3n) is 13.1. The van der Waals surface area contributed by atoms with Crippen molar-refractivity contribution < 1.29 is 86.4 Å². The quantitative estimate of drug-likeness (QED) is 0.0109. The van der Waals surface area contributed by atoms with E-state index in [0.717, 1.165) is 43.5 Å². The van der Waals surface area contributed by atoms with Crippen LogP contribution in [0.1, 0.15) is 186 Å². The van der Waals surface area contributed by atoms with Gasteiger partial charge in [-0.3, -0.25) is 19.8 Å². The Morgan fingerprint density at radius 3 is 0.830 bits per heavy atom. The van der Waals surface area contributed by atoms with Crippen LogP contribution in [0.3, 0.4) is 0 Å². The van der Waals surface area contributed by atoms with E-state index in [4.69, 9.17) is 29.3 Å². The van der Waals surface area contributed by atoms with Crippen molar-refractivity contribution in [2.75, 3.05) is 17.6 Å². The fourth-order valence-corrected chi connectivity index (χ4v) is 9.32. The molecule has 100 heavy (non-hydrogen) atoms. The molecule has 0 aliphatic rings. The van der Waals surface area contributed by atoms with Crippen LogP contribution < -0.4 is 0 Å². The van der Waals surface area contributed by atoms with Crippen LogP contribution in [0.2, 0.25) is 0 Å². The largest absolute Gasteiger partial charge is 0.459 e. The van der Waals surface area contributed by atoms with Gasteiger partial charge in [-0.25, -0.2) is 9.59 Å². The van der Waals surface area contributed by atoms with Crippen LogP contribution in [-0.4, -0.2) is 111 Å². The van der Waals surface area contributed by atoms with E-state index in [2.05, 4.69) is 27.6 Å². The minimum atomic E-state index is -4.20. The number of alkyl halides is 13. The Kier molecular flexibility index (Phi) is 39.7. The van der Waals surface area contributed by atoms with Crippen molar-refractivity contribution in [3.05, 3.63) is 215 Å². The molecule has 23 heteroatoms. The number of aliphatic imine (C=N–C) groups is 3. The highest BCUT2D eigenvalue weighted by Crippen LogP contribution is 2.28. The summed E-state index contributed by atoms with van der Waals surface area (Å²) in [5, 5.41) is 8.10. The van der Waals surface area contributed by atoms with E-state index in [-0.39, 0.29) is 76.9 Å². The van der Waals surface area contributed by atoms with Crippen molar-refractivity contribution in [2.24, 2.45) is 15.0 Å². The van der Waals surface area contributed by atoms with Crippen molar-refractivity contribution in [3.63, 3.8) is 0 Å². The van der Waals surface area contributed by atoms with E-state index >= 15 is 0 Å². The molecule has 6 aromatic carbocycles. The molecular weight excluding hydrogens is 1430 g/mol.